The summed E-state index contributed by atoms with van der Waals surface area (Å²) in [5.74, 6) is 0.922. The average Bonchev–Trinajstić information content (AvgIpc) is 2.71. The Hall–Kier alpha value is -2.72. The number of ether oxygens (including phenoxy) is 1. The molecule has 0 spiro atoms. The third kappa shape index (κ3) is 3.08. The molecule has 0 N–H and O–H groups in total. The van der Waals surface area contributed by atoms with E-state index in [1.807, 2.05) is 65.6 Å². The van der Waals surface area contributed by atoms with Crippen molar-refractivity contribution in [3.05, 3.63) is 90.5 Å². The lowest BCUT2D eigenvalue weighted by Gasteiger charge is -2.47. The summed E-state index contributed by atoms with van der Waals surface area (Å²) >= 11 is 1.63. The number of hydrogen-bond acceptors (Lipinski definition) is 3. The number of rotatable bonds is 5. The molecule has 0 saturated carbocycles. The molecule has 1 heterocycles. The molecule has 0 aromatic heterocycles. The number of carbonyl (C=O) groups is 1. The molecule has 0 bridgehead atoms. The highest BCUT2D eigenvalue weighted by Gasteiger charge is 2.49. The van der Waals surface area contributed by atoms with Crippen LogP contribution in [0.25, 0.3) is 0 Å². The predicted molar refractivity (Wildman–Crippen MR) is 106 cm³/mol. The minimum absolute atomic E-state index is 0.0160. The first kappa shape index (κ1) is 16.7. The molecule has 1 saturated heterocycles. The van der Waals surface area contributed by atoms with Crippen LogP contribution in [-0.4, -0.2) is 18.3 Å². The maximum Gasteiger partial charge on any atom is 0.243 e. The number of methoxy groups -OCH3 is 1. The van der Waals surface area contributed by atoms with Crippen LogP contribution in [-0.2, 0) is 4.79 Å². The summed E-state index contributed by atoms with van der Waals surface area (Å²) < 4.78 is 5.23. The van der Waals surface area contributed by atoms with Gasteiger partial charge in [-0.2, -0.15) is 0 Å². The first-order chi connectivity index (χ1) is 12.8. The fraction of sp³-hybridized carbons (Fsp3) is 0.136. The van der Waals surface area contributed by atoms with E-state index in [0.717, 1.165) is 21.9 Å². The van der Waals surface area contributed by atoms with Crippen molar-refractivity contribution >= 4 is 23.4 Å². The average molecular weight is 361 g/mol. The summed E-state index contributed by atoms with van der Waals surface area (Å²) in [6.07, 6.45) is 0. The molecule has 1 amide bonds. The van der Waals surface area contributed by atoms with Gasteiger partial charge in [0.2, 0.25) is 5.91 Å². The highest BCUT2D eigenvalue weighted by molar-refractivity contribution is 8.00. The second kappa shape index (κ2) is 7.26. The molecule has 3 aromatic carbocycles. The van der Waals surface area contributed by atoms with E-state index in [9.17, 15) is 4.79 Å². The van der Waals surface area contributed by atoms with Crippen LogP contribution in [0.5, 0.6) is 5.75 Å². The van der Waals surface area contributed by atoms with E-state index in [2.05, 4.69) is 24.3 Å². The summed E-state index contributed by atoms with van der Waals surface area (Å²) in [7, 11) is 1.64. The molecule has 4 rings (SSSR count). The van der Waals surface area contributed by atoms with Gasteiger partial charge in [-0.05, 0) is 42.0 Å². The zero-order valence-corrected chi connectivity index (χ0v) is 15.2. The lowest BCUT2D eigenvalue weighted by atomic mass is 9.92. The largest absolute Gasteiger partial charge is 0.497 e. The van der Waals surface area contributed by atoms with Crippen molar-refractivity contribution in [1.82, 2.24) is 0 Å². The topological polar surface area (TPSA) is 29.5 Å². The van der Waals surface area contributed by atoms with Crippen LogP contribution in [0.3, 0.4) is 0 Å². The molecular weight excluding hydrogens is 342 g/mol. The third-order valence-corrected chi connectivity index (χ3v) is 5.80. The standard InChI is InChI=1S/C22H19NO2S/c1-25-18-14-12-17(13-15-18)23-20(16-8-4-2-5-9-16)21(22(23)24)26-19-10-6-3-7-11-19/h2-15,20-21H,1H3/t20-,21+/m0/s1. The van der Waals surface area contributed by atoms with Gasteiger partial charge in [0.25, 0.3) is 0 Å². The Morgan fingerprint density at radius 3 is 2.08 bits per heavy atom. The quantitative estimate of drug-likeness (QED) is 0.603. The van der Waals surface area contributed by atoms with Crippen LogP contribution in [0.15, 0.2) is 89.8 Å². The third-order valence-electron chi connectivity index (χ3n) is 4.54. The molecule has 1 aliphatic heterocycles. The monoisotopic (exact) mass is 361 g/mol. The summed E-state index contributed by atoms with van der Waals surface area (Å²) in [5.41, 5.74) is 2.05. The normalized spacial score (nSPS) is 19.1. The van der Waals surface area contributed by atoms with E-state index < -0.39 is 0 Å². The highest BCUT2D eigenvalue weighted by atomic mass is 32.2. The Labute approximate surface area is 157 Å². The first-order valence-electron chi connectivity index (χ1n) is 8.52. The Morgan fingerprint density at radius 2 is 1.46 bits per heavy atom. The van der Waals surface area contributed by atoms with E-state index in [1.54, 1.807) is 18.9 Å². The van der Waals surface area contributed by atoms with Crippen LogP contribution in [0.4, 0.5) is 5.69 Å². The Bertz CT molecular complexity index is 881. The van der Waals surface area contributed by atoms with Gasteiger partial charge in [0, 0.05) is 10.6 Å². The van der Waals surface area contributed by atoms with Gasteiger partial charge >= 0.3 is 0 Å². The number of anilines is 1. The van der Waals surface area contributed by atoms with Gasteiger partial charge in [0.1, 0.15) is 11.0 Å². The number of β-lactam (4-membered cyclic amide) rings is 1. The fourth-order valence-electron chi connectivity index (χ4n) is 3.23. The minimum Gasteiger partial charge on any atom is -0.497 e. The molecule has 26 heavy (non-hydrogen) atoms. The number of carbonyl (C=O) groups excluding carboxylic acids is 1. The van der Waals surface area contributed by atoms with Gasteiger partial charge in [-0.3, -0.25) is 4.79 Å². The van der Waals surface area contributed by atoms with Gasteiger partial charge in [0.15, 0.2) is 0 Å². The summed E-state index contributed by atoms with van der Waals surface area (Å²) in [5, 5.41) is -0.123. The molecule has 3 nitrogen and oxygen atoms in total. The van der Waals surface area contributed by atoms with Crippen LogP contribution >= 0.6 is 11.8 Å². The van der Waals surface area contributed by atoms with E-state index in [0.29, 0.717) is 0 Å². The fourth-order valence-corrected chi connectivity index (χ4v) is 4.46. The number of benzene rings is 3. The number of nitrogens with zero attached hydrogens (tertiary/aromatic N) is 1. The molecule has 0 unspecified atom stereocenters. The van der Waals surface area contributed by atoms with Crippen molar-refractivity contribution in [2.75, 3.05) is 12.0 Å². The highest BCUT2D eigenvalue weighted by Crippen LogP contribution is 2.47. The molecule has 4 heteroatoms. The lowest BCUT2D eigenvalue weighted by Crippen LogP contribution is -2.57. The second-order valence-corrected chi connectivity index (χ2v) is 7.33. The maximum absolute atomic E-state index is 13.0. The number of thioether (sulfide) groups is 1. The zero-order chi connectivity index (χ0) is 17.9. The van der Waals surface area contributed by atoms with Crippen molar-refractivity contribution in [2.45, 2.75) is 16.2 Å². The molecule has 2 atom stereocenters. The summed E-state index contributed by atoms with van der Waals surface area (Å²) in [6.45, 7) is 0. The van der Waals surface area contributed by atoms with Gasteiger partial charge in [-0.25, -0.2) is 0 Å². The maximum atomic E-state index is 13.0. The molecule has 130 valence electrons. The van der Waals surface area contributed by atoms with Crippen molar-refractivity contribution in [2.24, 2.45) is 0 Å². The Morgan fingerprint density at radius 1 is 0.846 bits per heavy atom. The molecular formula is C22H19NO2S. The van der Waals surface area contributed by atoms with Crippen molar-refractivity contribution in [1.29, 1.82) is 0 Å². The van der Waals surface area contributed by atoms with Crippen molar-refractivity contribution in [3.8, 4) is 5.75 Å². The first-order valence-corrected chi connectivity index (χ1v) is 9.39. The van der Waals surface area contributed by atoms with Crippen molar-refractivity contribution < 1.29 is 9.53 Å². The minimum atomic E-state index is -0.123. The second-order valence-electron chi connectivity index (χ2n) is 6.11. The van der Waals surface area contributed by atoms with Gasteiger partial charge < -0.3 is 9.64 Å². The number of amides is 1. The zero-order valence-electron chi connectivity index (χ0n) is 14.4. The molecule has 3 aromatic rings. The smallest absolute Gasteiger partial charge is 0.243 e. The van der Waals surface area contributed by atoms with E-state index in [1.165, 1.54) is 0 Å². The van der Waals surface area contributed by atoms with Crippen LogP contribution in [0, 0.1) is 0 Å². The van der Waals surface area contributed by atoms with E-state index >= 15 is 0 Å². The van der Waals surface area contributed by atoms with Crippen LogP contribution in [0.1, 0.15) is 11.6 Å². The molecule has 0 radical (unpaired) electrons. The lowest BCUT2D eigenvalue weighted by molar-refractivity contribution is -0.123. The van der Waals surface area contributed by atoms with E-state index in [-0.39, 0.29) is 17.2 Å². The Balaban J connectivity index is 1.66. The summed E-state index contributed by atoms with van der Waals surface area (Å²) in [6, 6.07) is 28.0. The molecule has 1 fully saturated rings. The SMILES string of the molecule is COc1ccc(N2C(=O)[C@H](Sc3ccccc3)[C@@H]2c2ccccc2)cc1. The van der Waals surface area contributed by atoms with Crippen LogP contribution in [0.2, 0.25) is 0 Å². The van der Waals surface area contributed by atoms with Gasteiger partial charge in [-0.1, -0.05) is 48.5 Å². The Kier molecular flexibility index (Phi) is 4.67. The predicted octanol–water partition coefficient (Wildman–Crippen LogP) is 4.94. The van der Waals surface area contributed by atoms with E-state index in [4.69, 9.17) is 4.74 Å². The van der Waals surface area contributed by atoms with Crippen molar-refractivity contribution in [3.63, 3.8) is 0 Å². The molecule has 1 aliphatic rings. The van der Waals surface area contributed by atoms with Gasteiger partial charge in [-0.15, -0.1) is 11.8 Å². The van der Waals surface area contributed by atoms with Crippen LogP contribution < -0.4 is 9.64 Å². The van der Waals surface area contributed by atoms with Gasteiger partial charge in [0.05, 0.1) is 13.2 Å². The molecule has 0 aliphatic carbocycles. The number of hydrogen-bond donors (Lipinski definition) is 0. The summed E-state index contributed by atoms with van der Waals surface area (Å²) in [4.78, 5) is 16.0.